The Kier molecular flexibility index (Phi) is 4.64. The third kappa shape index (κ3) is 3.55. The van der Waals surface area contributed by atoms with E-state index in [1.54, 1.807) is 6.07 Å². The first-order chi connectivity index (χ1) is 13.9. The van der Waals surface area contributed by atoms with Crippen LogP contribution in [0.25, 0.3) is 10.2 Å². The molecule has 5 rings (SSSR count). The Balaban J connectivity index is 1.47. The van der Waals surface area contributed by atoms with Crippen LogP contribution in [0.4, 0.5) is 5.13 Å². The lowest BCUT2D eigenvalue weighted by atomic mass is 9.95. The summed E-state index contributed by atoms with van der Waals surface area (Å²) in [5.41, 5.74) is 3.13. The van der Waals surface area contributed by atoms with Gasteiger partial charge in [-0.15, -0.1) is 0 Å². The highest BCUT2D eigenvalue weighted by Crippen LogP contribution is 2.33. The fourth-order valence-electron chi connectivity index (χ4n) is 4.19. The van der Waals surface area contributed by atoms with Gasteiger partial charge in [0.15, 0.2) is 20.7 Å². The maximum absolute atomic E-state index is 13.0. The van der Waals surface area contributed by atoms with Gasteiger partial charge in [0, 0.05) is 16.3 Å². The summed E-state index contributed by atoms with van der Waals surface area (Å²) in [5.74, 6) is -0.0176. The van der Waals surface area contributed by atoms with Gasteiger partial charge in [0.05, 0.1) is 27.8 Å². The predicted octanol–water partition coefficient (Wildman–Crippen LogP) is 3.64. The van der Waals surface area contributed by atoms with E-state index in [4.69, 9.17) is 11.6 Å². The Bertz CT molecular complexity index is 1230. The number of halogens is 1. The summed E-state index contributed by atoms with van der Waals surface area (Å²) in [6, 6.07) is 5.23. The van der Waals surface area contributed by atoms with Crippen molar-refractivity contribution in [3.8, 4) is 0 Å². The normalized spacial score (nSPS) is 20.7. The summed E-state index contributed by atoms with van der Waals surface area (Å²) in [4.78, 5) is 17.5. The zero-order chi connectivity index (χ0) is 20.2. The number of anilines is 1. The van der Waals surface area contributed by atoms with Crippen molar-refractivity contribution in [2.45, 2.75) is 38.1 Å². The number of hydrogen-bond donors (Lipinski definition) is 1. The first kappa shape index (κ1) is 19.0. The van der Waals surface area contributed by atoms with Gasteiger partial charge < -0.3 is 0 Å². The first-order valence-corrected chi connectivity index (χ1v) is 12.6. The molecule has 10 heteroatoms. The van der Waals surface area contributed by atoms with Gasteiger partial charge in [-0.1, -0.05) is 22.9 Å². The number of nitrogens with zero attached hydrogens (tertiary/aromatic N) is 3. The van der Waals surface area contributed by atoms with Crippen LogP contribution in [0.15, 0.2) is 18.2 Å². The van der Waals surface area contributed by atoms with Gasteiger partial charge in [-0.25, -0.2) is 13.4 Å². The van der Waals surface area contributed by atoms with E-state index in [0.717, 1.165) is 47.2 Å². The predicted molar refractivity (Wildman–Crippen MR) is 114 cm³/mol. The molecule has 1 aliphatic heterocycles. The van der Waals surface area contributed by atoms with Crippen molar-refractivity contribution in [3.63, 3.8) is 0 Å². The highest BCUT2D eigenvalue weighted by atomic mass is 35.5. The molecular weight excluding hydrogens is 432 g/mol. The highest BCUT2D eigenvalue weighted by Gasteiger charge is 2.34. The van der Waals surface area contributed by atoms with E-state index in [9.17, 15) is 13.2 Å². The van der Waals surface area contributed by atoms with E-state index in [2.05, 4.69) is 15.4 Å². The molecule has 1 fully saturated rings. The number of sulfone groups is 1. The molecule has 29 heavy (non-hydrogen) atoms. The quantitative estimate of drug-likeness (QED) is 0.657. The molecule has 0 bridgehead atoms. The van der Waals surface area contributed by atoms with Crippen LogP contribution in [-0.2, 0) is 22.7 Å². The van der Waals surface area contributed by atoms with Crippen LogP contribution in [0.1, 0.15) is 47.1 Å². The SMILES string of the molecule is O=C(Nc1nc2ccc(Cl)cc2s1)c1nn([C@@H]2CCS(=O)(=O)C2)c2c1CCCC2. The van der Waals surface area contributed by atoms with Crippen LogP contribution >= 0.6 is 22.9 Å². The Labute approximate surface area is 177 Å². The van der Waals surface area contributed by atoms with Crippen molar-refractivity contribution in [1.29, 1.82) is 0 Å². The molecule has 0 unspecified atom stereocenters. The summed E-state index contributed by atoms with van der Waals surface area (Å²) in [6.45, 7) is 0. The number of nitrogens with one attached hydrogen (secondary N) is 1. The third-order valence-electron chi connectivity index (χ3n) is 5.55. The molecule has 0 radical (unpaired) electrons. The van der Waals surface area contributed by atoms with E-state index < -0.39 is 9.84 Å². The van der Waals surface area contributed by atoms with Gasteiger partial charge in [0.1, 0.15) is 0 Å². The van der Waals surface area contributed by atoms with Crippen LogP contribution < -0.4 is 5.32 Å². The molecule has 2 aromatic heterocycles. The lowest BCUT2D eigenvalue weighted by Crippen LogP contribution is -2.17. The Morgan fingerprint density at radius 2 is 2.10 bits per heavy atom. The average Bonchev–Trinajstić information content (AvgIpc) is 3.35. The number of thiazole rings is 1. The largest absolute Gasteiger partial charge is 0.296 e. The van der Waals surface area contributed by atoms with Crippen LogP contribution in [0.2, 0.25) is 5.02 Å². The lowest BCUT2D eigenvalue weighted by Gasteiger charge is -2.17. The molecule has 1 atom stereocenters. The number of carbonyl (C=O) groups is 1. The monoisotopic (exact) mass is 450 g/mol. The molecule has 7 nitrogen and oxygen atoms in total. The second kappa shape index (κ2) is 7.07. The smallest absolute Gasteiger partial charge is 0.278 e. The molecule has 3 heterocycles. The molecule has 1 aliphatic carbocycles. The second-order valence-electron chi connectivity index (χ2n) is 7.57. The number of fused-ring (bicyclic) bond motifs is 2. The molecule has 0 spiro atoms. The fraction of sp³-hybridized carbons (Fsp3) is 0.421. The van der Waals surface area contributed by atoms with E-state index in [0.29, 0.717) is 22.3 Å². The minimum Gasteiger partial charge on any atom is -0.296 e. The first-order valence-electron chi connectivity index (χ1n) is 9.58. The number of carbonyl (C=O) groups excluding carboxylic acids is 1. The van der Waals surface area contributed by atoms with E-state index in [1.165, 1.54) is 11.3 Å². The summed E-state index contributed by atoms with van der Waals surface area (Å²) in [6.07, 6.45) is 4.19. The maximum Gasteiger partial charge on any atom is 0.278 e. The zero-order valence-corrected chi connectivity index (χ0v) is 17.9. The van der Waals surface area contributed by atoms with Crippen LogP contribution in [0, 0.1) is 0 Å². The van der Waals surface area contributed by atoms with Crippen molar-refractivity contribution < 1.29 is 13.2 Å². The number of aromatic nitrogens is 3. The fourth-order valence-corrected chi connectivity index (χ4v) is 7.02. The molecular formula is C19H19ClN4O3S2. The van der Waals surface area contributed by atoms with Crippen molar-refractivity contribution in [2.75, 3.05) is 16.8 Å². The molecule has 1 saturated heterocycles. The Hall–Kier alpha value is -1.97. The van der Waals surface area contributed by atoms with E-state index in [-0.39, 0.29) is 23.5 Å². The van der Waals surface area contributed by atoms with Crippen molar-refractivity contribution in [2.24, 2.45) is 0 Å². The van der Waals surface area contributed by atoms with Gasteiger partial charge >= 0.3 is 0 Å². The van der Waals surface area contributed by atoms with Crippen LogP contribution in [0.5, 0.6) is 0 Å². The van der Waals surface area contributed by atoms with Crippen molar-refractivity contribution >= 4 is 54.0 Å². The zero-order valence-electron chi connectivity index (χ0n) is 15.5. The van der Waals surface area contributed by atoms with Crippen LogP contribution in [0.3, 0.4) is 0 Å². The molecule has 1 amide bonds. The van der Waals surface area contributed by atoms with Gasteiger partial charge in [-0.3, -0.25) is 14.8 Å². The number of rotatable bonds is 3. The van der Waals surface area contributed by atoms with Crippen molar-refractivity contribution in [3.05, 3.63) is 40.2 Å². The average molecular weight is 451 g/mol. The minimum atomic E-state index is -3.03. The maximum atomic E-state index is 13.0. The Morgan fingerprint density at radius 1 is 1.28 bits per heavy atom. The molecule has 152 valence electrons. The third-order valence-corrected chi connectivity index (χ3v) is 8.47. The molecule has 3 aromatic rings. The Morgan fingerprint density at radius 3 is 2.90 bits per heavy atom. The lowest BCUT2D eigenvalue weighted by molar-refractivity contribution is 0.102. The van der Waals surface area contributed by atoms with Gasteiger partial charge in [0.2, 0.25) is 0 Å². The molecule has 0 saturated carbocycles. The molecule has 1 aromatic carbocycles. The molecule has 2 aliphatic rings. The molecule has 1 N–H and O–H groups in total. The highest BCUT2D eigenvalue weighted by molar-refractivity contribution is 7.91. The minimum absolute atomic E-state index is 0.0980. The van der Waals surface area contributed by atoms with Crippen LogP contribution in [-0.4, -0.2) is 40.6 Å². The number of amides is 1. The summed E-state index contributed by atoms with van der Waals surface area (Å²) < 4.78 is 26.6. The van der Waals surface area contributed by atoms with Crippen molar-refractivity contribution in [1.82, 2.24) is 14.8 Å². The number of hydrogen-bond acceptors (Lipinski definition) is 6. The summed E-state index contributed by atoms with van der Waals surface area (Å²) in [7, 11) is -3.03. The van der Waals surface area contributed by atoms with Gasteiger partial charge in [-0.2, -0.15) is 5.10 Å². The standard InChI is InChI=1S/C19H19ClN4O3S2/c20-11-5-6-14-16(9-11)28-19(21-14)22-18(25)17-13-3-1-2-4-15(13)24(23-17)12-7-8-29(26,27)10-12/h5-6,9,12H,1-4,7-8,10H2,(H,21,22,25)/t12-/m1/s1. The van der Waals surface area contributed by atoms with E-state index in [1.807, 2.05) is 16.8 Å². The topological polar surface area (TPSA) is 93.9 Å². The second-order valence-corrected chi connectivity index (χ2v) is 11.3. The number of benzene rings is 1. The van der Waals surface area contributed by atoms with Gasteiger partial charge in [-0.05, 0) is 50.3 Å². The summed E-state index contributed by atoms with van der Waals surface area (Å²) >= 11 is 7.39. The summed E-state index contributed by atoms with van der Waals surface area (Å²) in [5, 5.41) is 8.59. The van der Waals surface area contributed by atoms with E-state index >= 15 is 0 Å². The van der Waals surface area contributed by atoms with Gasteiger partial charge in [0.25, 0.3) is 5.91 Å².